The van der Waals surface area contributed by atoms with Crippen molar-refractivity contribution in [3.8, 4) is 17.7 Å². The lowest BCUT2D eigenvalue weighted by atomic mass is 10.3. The maximum atomic E-state index is 8.95. The second-order valence-corrected chi connectivity index (χ2v) is 8.16. The SMILES string of the molecule is CC1SCC(c2noc(-c3cc(C#N)cn3C)n2)SC1C. The van der Waals surface area contributed by atoms with Crippen LogP contribution < -0.4 is 0 Å². The lowest BCUT2D eigenvalue weighted by Crippen LogP contribution is -2.22. The van der Waals surface area contributed by atoms with Crippen LogP contribution in [0, 0.1) is 11.3 Å². The zero-order valence-corrected chi connectivity index (χ0v) is 13.7. The summed E-state index contributed by atoms with van der Waals surface area (Å²) in [4.78, 5) is 4.53. The Morgan fingerprint density at radius 2 is 2.24 bits per heavy atom. The highest BCUT2D eigenvalue weighted by molar-refractivity contribution is 8.07. The lowest BCUT2D eigenvalue weighted by molar-refractivity contribution is 0.420. The molecular weight excluding hydrogens is 304 g/mol. The van der Waals surface area contributed by atoms with Gasteiger partial charge < -0.3 is 9.09 Å². The van der Waals surface area contributed by atoms with Crippen molar-refractivity contribution in [3.05, 3.63) is 23.7 Å². The average Bonchev–Trinajstić information content (AvgIpc) is 3.08. The summed E-state index contributed by atoms with van der Waals surface area (Å²) in [5.41, 5.74) is 1.37. The Morgan fingerprint density at radius 3 is 2.90 bits per heavy atom. The van der Waals surface area contributed by atoms with Gasteiger partial charge in [-0.1, -0.05) is 19.0 Å². The van der Waals surface area contributed by atoms with Crippen molar-refractivity contribution in [2.75, 3.05) is 5.75 Å². The van der Waals surface area contributed by atoms with E-state index in [-0.39, 0.29) is 5.25 Å². The molecule has 21 heavy (non-hydrogen) atoms. The molecule has 3 rings (SSSR count). The number of hydrogen-bond donors (Lipinski definition) is 0. The fourth-order valence-corrected chi connectivity index (χ4v) is 5.06. The van der Waals surface area contributed by atoms with Crippen LogP contribution in [0.25, 0.3) is 11.6 Å². The van der Waals surface area contributed by atoms with Gasteiger partial charge in [0.1, 0.15) is 11.8 Å². The van der Waals surface area contributed by atoms with Crippen LogP contribution in [0.1, 0.15) is 30.5 Å². The van der Waals surface area contributed by atoms with Crippen LogP contribution in [0.2, 0.25) is 0 Å². The van der Waals surface area contributed by atoms with Crippen molar-refractivity contribution in [1.29, 1.82) is 5.26 Å². The van der Waals surface area contributed by atoms with Gasteiger partial charge in [0.05, 0.1) is 10.8 Å². The summed E-state index contributed by atoms with van der Waals surface area (Å²) in [7, 11) is 1.87. The van der Waals surface area contributed by atoms with E-state index in [1.807, 2.05) is 35.1 Å². The molecule has 0 radical (unpaired) electrons. The van der Waals surface area contributed by atoms with Gasteiger partial charge in [-0.3, -0.25) is 0 Å². The van der Waals surface area contributed by atoms with Gasteiger partial charge in [-0.05, 0) is 6.07 Å². The summed E-state index contributed by atoms with van der Waals surface area (Å²) in [6.45, 7) is 4.50. The summed E-state index contributed by atoms with van der Waals surface area (Å²) in [6, 6.07) is 3.89. The molecule has 2 aromatic heterocycles. The van der Waals surface area contributed by atoms with Crippen LogP contribution in [0.5, 0.6) is 0 Å². The molecule has 1 aliphatic rings. The Labute approximate surface area is 132 Å². The first-order valence-electron chi connectivity index (χ1n) is 6.76. The topological polar surface area (TPSA) is 67.6 Å². The third-order valence-corrected chi connectivity index (χ3v) is 7.02. The predicted molar refractivity (Wildman–Crippen MR) is 85.1 cm³/mol. The number of hydrogen-bond acceptors (Lipinski definition) is 6. The van der Waals surface area contributed by atoms with Crippen LogP contribution in [0.15, 0.2) is 16.8 Å². The monoisotopic (exact) mass is 320 g/mol. The first kappa shape index (κ1) is 14.5. The van der Waals surface area contributed by atoms with E-state index in [0.717, 1.165) is 17.3 Å². The molecule has 0 aliphatic carbocycles. The van der Waals surface area contributed by atoms with Gasteiger partial charge in [0.25, 0.3) is 5.89 Å². The van der Waals surface area contributed by atoms with E-state index < -0.39 is 0 Å². The van der Waals surface area contributed by atoms with E-state index in [1.54, 1.807) is 12.3 Å². The molecule has 3 heterocycles. The first-order valence-corrected chi connectivity index (χ1v) is 8.75. The Balaban J connectivity index is 1.83. The third-order valence-electron chi connectivity index (χ3n) is 3.63. The van der Waals surface area contributed by atoms with Crippen molar-refractivity contribution in [1.82, 2.24) is 14.7 Å². The van der Waals surface area contributed by atoms with Crippen LogP contribution in [0.3, 0.4) is 0 Å². The number of rotatable bonds is 2. The van der Waals surface area contributed by atoms with Crippen molar-refractivity contribution in [2.24, 2.45) is 7.05 Å². The van der Waals surface area contributed by atoms with Crippen LogP contribution in [-0.2, 0) is 7.05 Å². The minimum Gasteiger partial charge on any atom is -0.345 e. The van der Waals surface area contributed by atoms with Gasteiger partial charge in [-0.15, -0.1) is 11.8 Å². The zero-order valence-electron chi connectivity index (χ0n) is 12.1. The number of nitrogens with zero attached hydrogens (tertiary/aromatic N) is 4. The minimum absolute atomic E-state index is 0.273. The summed E-state index contributed by atoms with van der Waals surface area (Å²) in [5.74, 6) is 2.23. The van der Waals surface area contributed by atoms with E-state index in [4.69, 9.17) is 9.78 Å². The summed E-state index contributed by atoms with van der Waals surface area (Å²) >= 11 is 3.86. The number of aryl methyl sites for hydroxylation is 1. The van der Waals surface area contributed by atoms with Crippen LogP contribution in [0.4, 0.5) is 0 Å². The Morgan fingerprint density at radius 1 is 1.43 bits per heavy atom. The highest BCUT2D eigenvalue weighted by Crippen LogP contribution is 2.43. The van der Waals surface area contributed by atoms with E-state index >= 15 is 0 Å². The lowest BCUT2D eigenvalue weighted by Gasteiger charge is -2.29. The van der Waals surface area contributed by atoms with E-state index in [0.29, 0.717) is 22.0 Å². The molecule has 1 aliphatic heterocycles. The molecule has 0 bridgehead atoms. The summed E-state index contributed by atoms with van der Waals surface area (Å²) in [5, 5.41) is 14.6. The van der Waals surface area contributed by atoms with Gasteiger partial charge in [-0.25, -0.2) is 0 Å². The van der Waals surface area contributed by atoms with Crippen molar-refractivity contribution in [3.63, 3.8) is 0 Å². The second-order valence-electron chi connectivity index (χ2n) is 5.16. The molecule has 1 fully saturated rings. The van der Waals surface area contributed by atoms with E-state index in [9.17, 15) is 0 Å². The molecular formula is C14H16N4OS2. The first-order chi connectivity index (χ1) is 10.1. The number of nitriles is 1. The van der Waals surface area contributed by atoms with Crippen molar-refractivity contribution in [2.45, 2.75) is 29.6 Å². The number of aromatic nitrogens is 3. The molecule has 0 amide bonds. The fraction of sp³-hybridized carbons (Fsp3) is 0.500. The molecule has 1 saturated heterocycles. The minimum atomic E-state index is 0.273. The highest BCUT2D eigenvalue weighted by atomic mass is 32.2. The molecule has 7 heteroatoms. The Kier molecular flexibility index (Phi) is 4.00. The smallest absolute Gasteiger partial charge is 0.274 e. The quantitative estimate of drug-likeness (QED) is 0.846. The normalized spacial score (nSPS) is 25.7. The highest BCUT2D eigenvalue weighted by Gasteiger charge is 2.30. The van der Waals surface area contributed by atoms with Gasteiger partial charge in [0.15, 0.2) is 5.82 Å². The Hall–Kier alpha value is -1.39. The standard InChI is InChI=1S/C14H16N4OS2/c1-8-9(2)21-12(7-20-8)13-16-14(19-17-13)11-4-10(5-15)6-18(11)3/h4,6,8-9,12H,7H2,1-3H3. The molecule has 0 aromatic carbocycles. The van der Waals surface area contributed by atoms with E-state index in [1.165, 1.54) is 0 Å². The van der Waals surface area contributed by atoms with Crippen LogP contribution >= 0.6 is 23.5 Å². The maximum absolute atomic E-state index is 8.95. The second kappa shape index (κ2) is 5.78. The summed E-state index contributed by atoms with van der Waals surface area (Å²) in [6.07, 6.45) is 1.76. The molecule has 0 N–H and O–H groups in total. The average molecular weight is 320 g/mol. The largest absolute Gasteiger partial charge is 0.345 e. The van der Waals surface area contributed by atoms with Gasteiger partial charge >= 0.3 is 0 Å². The molecule has 5 nitrogen and oxygen atoms in total. The zero-order chi connectivity index (χ0) is 15.0. The molecule has 110 valence electrons. The molecule has 0 spiro atoms. The molecule has 3 unspecified atom stereocenters. The van der Waals surface area contributed by atoms with E-state index in [2.05, 4.69) is 30.1 Å². The molecule has 0 saturated carbocycles. The predicted octanol–water partition coefficient (Wildman–Crippen LogP) is 3.24. The van der Waals surface area contributed by atoms with Gasteiger partial charge in [-0.2, -0.15) is 22.0 Å². The third kappa shape index (κ3) is 2.83. The van der Waals surface area contributed by atoms with Crippen molar-refractivity contribution < 1.29 is 4.52 Å². The van der Waals surface area contributed by atoms with Crippen molar-refractivity contribution >= 4 is 23.5 Å². The Bertz CT molecular complexity index is 687. The summed E-state index contributed by atoms with van der Waals surface area (Å²) < 4.78 is 7.23. The molecule has 2 aromatic rings. The molecule has 3 atom stereocenters. The van der Waals surface area contributed by atoms with Gasteiger partial charge in [0.2, 0.25) is 0 Å². The number of thioether (sulfide) groups is 2. The van der Waals surface area contributed by atoms with Crippen LogP contribution in [-0.4, -0.2) is 31.0 Å². The maximum Gasteiger partial charge on any atom is 0.274 e. The van der Waals surface area contributed by atoms with Gasteiger partial charge in [0, 0.05) is 29.5 Å². The fourth-order valence-electron chi connectivity index (χ4n) is 2.23.